The average molecular weight is 491 g/mol. The molecule has 3 rings (SSSR count). The minimum Gasteiger partial charge on any atom is -0.618 e. The number of alkyl halides is 3. The van der Waals surface area contributed by atoms with Crippen molar-refractivity contribution < 1.29 is 36.6 Å². The molecule has 3 aromatic rings. The van der Waals surface area contributed by atoms with Gasteiger partial charge in [0.2, 0.25) is 0 Å². The Balaban J connectivity index is 1.70. The number of ether oxygens (including phenoxy) is 1. The highest BCUT2D eigenvalue weighted by Crippen LogP contribution is 2.36. The topological polar surface area (TPSA) is 120 Å². The van der Waals surface area contributed by atoms with Crippen LogP contribution in [0.3, 0.4) is 0 Å². The Labute approximate surface area is 188 Å². The monoisotopic (exact) mass is 490 g/mol. The van der Waals surface area contributed by atoms with Gasteiger partial charge in [0.15, 0.2) is 6.20 Å². The van der Waals surface area contributed by atoms with Crippen LogP contribution in [0.5, 0.6) is 11.5 Å². The number of anilines is 2. The summed E-state index contributed by atoms with van der Waals surface area (Å²) in [6.45, 7) is 0. The number of hydrogen-bond donors (Lipinski definition) is 3. The summed E-state index contributed by atoms with van der Waals surface area (Å²) in [5.74, 6) is -1.93. The SMILES string of the molecule is NC(=O)c1cc(O[13c]2[13cH][13cH][13c](NC(=O)Nc3ccc(Cl)c(C(F)(F)F)c3)[13c](F)[13cH]2)cc[n+]1[O-]. The van der Waals surface area contributed by atoms with E-state index in [2.05, 4.69) is 10.6 Å². The van der Waals surface area contributed by atoms with Gasteiger partial charge in [-0.2, -0.15) is 17.9 Å². The molecular formula is C20H13ClF4N4O4. The van der Waals surface area contributed by atoms with Crippen LogP contribution in [-0.4, -0.2) is 11.9 Å². The van der Waals surface area contributed by atoms with Gasteiger partial charge in [-0.3, -0.25) is 4.79 Å². The zero-order chi connectivity index (χ0) is 24.3. The van der Waals surface area contributed by atoms with Crippen LogP contribution in [0.1, 0.15) is 16.1 Å². The summed E-state index contributed by atoms with van der Waals surface area (Å²) in [5, 5.41) is 15.2. The quantitative estimate of drug-likeness (QED) is 0.273. The van der Waals surface area contributed by atoms with Crippen molar-refractivity contribution in [1.82, 2.24) is 0 Å². The molecule has 1 aromatic heterocycles. The number of carbonyl (C=O) groups excluding carboxylic acids is 2. The highest BCUT2D eigenvalue weighted by Gasteiger charge is 2.33. The molecule has 0 aliphatic heterocycles. The van der Waals surface area contributed by atoms with Gasteiger partial charge in [0.1, 0.15) is 17.3 Å². The molecule has 2 aromatic carbocycles. The molecule has 1 heterocycles. The van der Waals surface area contributed by atoms with E-state index >= 15 is 0 Å². The molecule has 0 bridgehead atoms. The van der Waals surface area contributed by atoms with Crippen molar-refractivity contribution in [2.24, 2.45) is 5.73 Å². The number of amides is 3. The molecule has 8 nitrogen and oxygen atoms in total. The number of urea groups is 1. The molecule has 0 aliphatic carbocycles. The normalized spacial score (nSPS) is 11.1. The van der Waals surface area contributed by atoms with E-state index in [0.29, 0.717) is 6.07 Å². The number of hydrogen-bond acceptors (Lipinski definition) is 4. The minimum atomic E-state index is -4.72. The molecule has 0 radical (unpaired) electrons. The number of rotatable bonds is 5. The molecule has 0 saturated carbocycles. The fourth-order valence-corrected chi connectivity index (χ4v) is 2.84. The van der Waals surface area contributed by atoms with Gasteiger partial charge >= 0.3 is 18.1 Å². The molecule has 4 N–H and O–H groups in total. The second kappa shape index (κ2) is 9.20. The highest BCUT2D eigenvalue weighted by molar-refractivity contribution is 6.31. The lowest BCUT2D eigenvalue weighted by Crippen LogP contribution is -2.36. The average Bonchev–Trinajstić information content (AvgIpc) is 2.72. The van der Waals surface area contributed by atoms with Gasteiger partial charge in [0.25, 0.3) is 5.69 Å². The van der Waals surface area contributed by atoms with Gasteiger partial charge in [0.05, 0.1) is 22.3 Å². The Morgan fingerprint density at radius 3 is 2.36 bits per heavy atom. The van der Waals surface area contributed by atoms with Gasteiger partial charge in [-0.15, -0.1) is 0 Å². The zero-order valence-electron chi connectivity index (χ0n) is 16.2. The van der Waals surface area contributed by atoms with Crippen molar-refractivity contribution in [3.05, 3.63) is 82.0 Å². The van der Waals surface area contributed by atoms with Crippen molar-refractivity contribution in [3.8, 4) is 11.5 Å². The van der Waals surface area contributed by atoms with Gasteiger partial charge in [-0.05, 0) is 30.3 Å². The van der Waals surface area contributed by atoms with Crippen LogP contribution in [0.4, 0.5) is 33.7 Å². The number of aromatic nitrogens is 1. The van der Waals surface area contributed by atoms with Crippen LogP contribution >= 0.6 is 11.6 Å². The number of primary amides is 1. The maximum atomic E-state index is 14.4. The molecule has 0 aliphatic rings. The number of nitrogens with zero attached hydrogens (tertiary/aromatic N) is 1. The van der Waals surface area contributed by atoms with Crippen LogP contribution < -0.4 is 25.8 Å². The van der Waals surface area contributed by atoms with E-state index < -0.39 is 34.5 Å². The van der Waals surface area contributed by atoms with Crippen LogP contribution in [0, 0.1) is 11.0 Å². The van der Waals surface area contributed by atoms with Crippen molar-refractivity contribution >= 4 is 34.9 Å². The number of halogens is 5. The number of carbonyl (C=O) groups is 2. The molecule has 0 atom stereocenters. The molecule has 0 spiro atoms. The van der Waals surface area contributed by atoms with Crippen LogP contribution in [-0.2, 0) is 6.18 Å². The van der Waals surface area contributed by atoms with Gasteiger partial charge in [0, 0.05) is 17.8 Å². The fourth-order valence-electron chi connectivity index (χ4n) is 2.61. The summed E-state index contributed by atoms with van der Waals surface area (Å²) < 4.78 is 58.8. The Morgan fingerprint density at radius 2 is 1.73 bits per heavy atom. The molecule has 0 fully saturated rings. The van der Waals surface area contributed by atoms with Crippen LogP contribution in [0.15, 0.2) is 54.7 Å². The molecular weight excluding hydrogens is 478 g/mol. The third kappa shape index (κ3) is 5.80. The van der Waals surface area contributed by atoms with Crippen molar-refractivity contribution in [2.75, 3.05) is 10.6 Å². The Bertz CT molecular complexity index is 1240. The summed E-state index contributed by atoms with van der Waals surface area (Å²) in [6.07, 6.45) is -3.74. The van der Waals surface area contributed by atoms with E-state index in [0.717, 1.165) is 36.5 Å². The lowest BCUT2D eigenvalue weighted by atomic mass is 10.2. The standard InChI is InChI=1S/C20H13ClF4N4O4/c21-14-3-1-10(7-13(14)20(23,24)25)27-19(31)28-16-4-2-11(8-15(16)22)33-12-5-6-29(32)17(9-12)18(26)30/h1-9H,(H2,26,30)(H2,27,28,31)/i2+1,4+1,8+1,11+1,15+1,16+1. The lowest BCUT2D eigenvalue weighted by Gasteiger charge is -2.13. The van der Waals surface area contributed by atoms with E-state index in [1.807, 2.05) is 0 Å². The fraction of sp³-hybridized carbons (Fsp3) is 0.0500. The Kier molecular flexibility index (Phi) is 6.58. The van der Waals surface area contributed by atoms with Crippen molar-refractivity contribution in [1.29, 1.82) is 0 Å². The second-order valence-electron chi connectivity index (χ2n) is 6.45. The van der Waals surface area contributed by atoms with Gasteiger partial charge in [-0.1, -0.05) is 11.6 Å². The second-order valence-corrected chi connectivity index (χ2v) is 6.86. The van der Waals surface area contributed by atoms with Crippen molar-refractivity contribution in [3.63, 3.8) is 0 Å². The largest absolute Gasteiger partial charge is 0.618 e. The number of nitrogens with two attached hydrogens (primary N) is 1. The van der Waals surface area contributed by atoms with E-state index in [4.69, 9.17) is 22.1 Å². The lowest BCUT2D eigenvalue weighted by molar-refractivity contribution is -0.607. The minimum absolute atomic E-state index is 0.0250. The van der Waals surface area contributed by atoms with E-state index in [-0.39, 0.29) is 33.3 Å². The molecule has 172 valence electrons. The predicted octanol–water partition coefficient (Wildman–Crippen LogP) is 4.67. The number of pyridine rings is 1. The molecule has 0 unspecified atom stereocenters. The summed E-state index contributed by atoms with van der Waals surface area (Å²) in [6, 6.07) is 7.34. The maximum Gasteiger partial charge on any atom is 0.417 e. The molecule has 0 saturated heterocycles. The highest BCUT2D eigenvalue weighted by atomic mass is 35.5. The third-order valence-electron chi connectivity index (χ3n) is 4.10. The smallest absolute Gasteiger partial charge is 0.417 e. The third-order valence-corrected chi connectivity index (χ3v) is 4.43. The molecule has 13 heteroatoms. The van der Waals surface area contributed by atoms with Crippen LogP contribution in [0.2, 0.25) is 5.02 Å². The van der Waals surface area contributed by atoms with E-state index in [9.17, 15) is 32.4 Å². The Hall–Kier alpha value is -4.06. The number of nitrogens with one attached hydrogen (secondary N) is 2. The molecule has 33 heavy (non-hydrogen) atoms. The first-order chi connectivity index (χ1) is 15.4. The van der Waals surface area contributed by atoms with E-state index in [1.54, 1.807) is 0 Å². The van der Waals surface area contributed by atoms with Crippen LogP contribution in [0.25, 0.3) is 0 Å². The van der Waals surface area contributed by atoms with E-state index in [1.165, 1.54) is 12.1 Å². The summed E-state index contributed by atoms with van der Waals surface area (Å²) in [4.78, 5) is 23.3. The Morgan fingerprint density at radius 1 is 1.03 bits per heavy atom. The summed E-state index contributed by atoms with van der Waals surface area (Å²) >= 11 is 5.52. The first kappa shape index (κ1) is 23.6. The first-order valence-electron chi connectivity index (χ1n) is 8.89. The maximum absolute atomic E-state index is 14.4. The summed E-state index contributed by atoms with van der Waals surface area (Å²) in [5.41, 5.74) is 3.03. The zero-order valence-corrected chi connectivity index (χ0v) is 17.0. The predicted molar refractivity (Wildman–Crippen MR) is 109 cm³/mol. The molecule has 3 amide bonds. The number of benzene rings is 2. The van der Waals surface area contributed by atoms with Gasteiger partial charge < -0.3 is 26.3 Å². The van der Waals surface area contributed by atoms with Crippen molar-refractivity contribution in [2.45, 2.75) is 6.18 Å². The summed E-state index contributed by atoms with van der Waals surface area (Å²) in [7, 11) is 0. The van der Waals surface area contributed by atoms with Gasteiger partial charge in [-0.25, -0.2) is 9.18 Å². The first-order valence-corrected chi connectivity index (χ1v) is 9.27.